The first-order chi connectivity index (χ1) is 6.25. The lowest BCUT2D eigenvalue weighted by atomic mass is 10.2. The Bertz CT molecular complexity index is 290. The number of nitrogens with one attached hydrogen (secondary N) is 1. The average Bonchev–Trinajstić information content (AvgIpc) is 2.10. The molecule has 1 rings (SSSR count). The molecule has 0 saturated carbocycles. The first-order valence-electron chi connectivity index (χ1n) is 4.01. The molecule has 0 aliphatic heterocycles. The van der Waals surface area contributed by atoms with Gasteiger partial charge in [0.1, 0.15) is 0 Å². The molecule has 0 amide bonds. The SMILES string of the molecule is CNCC=Cc1c(Cl)cccc1Br. The molecule has 0 fully saturated rings. The molecule has 0 spiro atoms. The highest BCUT2D eigenvalue weighted by Gasteiger charge is 1.99. The van der Waals surface area contributed by atoms with E-state index < -0.39 is 0 Å². The molecule has 0 heterocycles. The zero-order chi connectivity index (χ0) is 9.68. The van der Waals surface area contributed by atoms with E-state index in [0.29, 0.717) is 0 Å². The third-order valence-corrected chi connectivity index (χ3v) is 2.63. The van der Waals surface area contributed by atoms with Crippen molar-refractivity contribution >= 4 is 33.6 Å². The minimum atomic E-state index is 0.765. The molecular weight excluding hydrogens is 249 g/mol. The molecule has 0 radical (unpaired) electrons. The van der Waals surface area contributed by atoms with Crippen LogP contribution in [0.3, 0.4) is 0 Å². The van der Waals surface area contributed by atoms with Crippen LogP contribution >= 0.6 is 27.5 Å². The largest absolute Gasteiger partial charge is 0.316 e. The molecular formula is C10H11BrClN. The molecule has 0 saturated heterocycles. The standard InChI is InChI=1S/C10H11BrClN/c1-13-7-3-4-8-9(11)5-2-6-10(8)12/h2-6,13H,7H2,1H3. The van der Waals surface area contributed by atoms with E-state index in [4.69, 9.17) is 11.6 Å². The molecule has 0 bridgehead atoms. The Hall–Kier alpha value is -0.310. The molecule has 0 atom stereocenters. The smallest absolute Gasteiger partial charge is 0.0489 e. The van der Waals surface area contributed by atoms with Crippen LogP contribution < -0.4 is 5.32 Å². The van der Waals surface area contributed by atoms with Gasteiger partial charge in [0.15, 0.2) is 0 Å². The van der Waals surface area contributed by atoms with Gasteiger partial charge in [-0.1, -0.05) is 45.7 Å². The van der Waals surface area contributed by atoms with E-state index in [1.54, 1.807) is 0 Å². The van der Waals surface area contributed by atoms with E-state index in [9.17, 15) is 0 Å². The predicted octanol–water partition coefficient (Wildman–Crippen LogP) is 3.34. The van der Waals surface area contributed by atoms with Crippen LogP contribution in [0.2, 0.25) is 5.02 Å². The molecule has 3 heteroatoms. The van der Waals surface area contributed by atoms with Crippen molar-refractivity contribution in [2.24, 2.45) is 0 Å². The summed E-state index contributed by atoms with van der Waals surface area (Å²) in [5.41, 5.74) is 1.03. The minimum absolute atomic E-state index is 0.765. The van der Waals surface area contributed by atoms with Gasteiger partial charge >= 0.3 is 0 Å². The lowest BCUT2D eigenvalue weighted by Gasteiger charge is -2.00. The quantitative estimate of drug-likeness (QED) is 0.879. The summed E-state index contributed by atoms with van der Waals surface area (Å²) in [6.07, 6.45) is 4.04. The maximum Gasteiger partial charge on any atom is 0.0489 e. The maximum absolute atomic E-state index is 6.01. The Labute approximate surface area is 91.9 Å². The van der Waals surface area contributed by atoms with Crippen LogP contribution in [-0.4, -0.2) is 13.6 Å². The van der Waals surface area contributed by atoms with E-state index >= 15 is 0 Å². The van der Waals surface area contributed by atoms with Gasteiger partial charge in [-0.25, -0.2) is 0 Å². The Morgan fingerprint density at radius 1 is 1.54 bits per heavy atom. The number of hydrogen-bond donors (Lipinski definition) is 1. The lowest BCUT2D eigenvalue weighted by molar-refractivity contribution is 0.922. The fraction of sp³-hybridized carbons (Fsp3) is 0.200. The number of hydrogen-bond acceptors (Lipinski definition) is 1. The van der Waals surface area contributed by atoms with Crippen molar-refractivity contribution in [3.63, 3.8) is 0 Å². The van der Waals surface area contributed by atoms with Gasteiger partial charge in [-0.15, -0.1) is 0 Å². The average molecular weight is 261 g/mol. The van der Waals surface area contributed by atoms with E-state index in [1.807, 2.05) is 37.4 Å². The van der Waals surface area contributed by atoms with Crippen LogP contribution in [0.25, 0.3) is 6.08 Å². The van der Waals surface area contributed by atoms with Crippen molar-refractivity contribution < 1.29 is 0 Å². The van der Waals surface area contributed by atoms with Gasteiger partial charge < -0.3 is 5.32 Å². The fourth-order valence-electron chi connectivity index (χ4n) is 0.965. The second-order valence-corrected chi connectivity index (χ2v) is 3.86. The van der Waals surface area contributed by atoms with E-state index in [0.717, 1.165) is 21.6 Å². The third-order valence-electron chi connectivity index (χ3n) is 1.61. The summed E-state index contributed by atoms with van der Waals surface area (Å²) in [7, 11) is 1.91. The topological polar surface area (TPSA) is 12.0 Å². The summed E-state index contributed by atoms with van der Waals surface area (Å²) in [4.78, 5) is 0. The highest BCUT2D eigenvalue weighted by molar-refractivity contribution is 9.10. The van der Waals surface area contributed by atoms with E-state index in [1.165, 1.54) is 0 Å². The molecule has 1 nitrogen and oxygen atoms in total. The summed E-state index contributed by atoms with van der Waals surface area (Å²) >= 11 is 9.45. The number of rotatable bonds is 3. The lowest BCUT2D eigenvalue weighted by Crippen LogP contribution is -2.03. The summed E-state index contributed by atoms with van der Waals surface area (Å²) in [6, 6.07) is 5.78. The Kier molecular flexibility index (Phi) is 4.50. The molecule has 0 aromatic heterocycles. The van der Waals surface area contributed by atoms with Gasteiger partial charge in [0, 0.05) is 21.6 Å². The molecule has 0 aliphatic rings. The van der Waals surface area contributed by atoms with Gasteiger partial charge in [-0.2, -0.15) is 0 Å². The minimum Gasteiger partial charge on any atom is -0.316 e. The summed E-state index contributed by atoms with van der Waals surface area (Å²) < 4.78 is 1.02. The monoisotopic (exact) mass is 259 g/mol. The van der Waals surface area contributed by atoms with Gasteiger partial charge in [0.25, 0.3) is 0 Å². The van der Waals surface area contributed by atoms with Gasteiger partial charge in [0.05, 0.1) is 0 Å². The Morgan fingerprint density at radius 2 is 2.31 bits per heavy atom. The zero-order valence-corrected chi connectivity index (χ0v) is 9.69. The Balaban J connectivity index is 2.87. The van der Waals surface area contributed by atoms with Crippen molar-refractivity contribution in [2.75, 3.05) is 13.6 Å². The van der Waals surface area contributed by atoms with Gasteiger partial charge in [-0.3, -0.25) is 0 Å². The van der Waals surface area contributed by atoms with E-state index in [-0.39, 0.29) is 0 Å². The first kappa shape index (κ1) is 10.8. The fourth-order valence-corrected chi connectivity index (χ4v) is 1.81. The van der Waals surface area contributed by atoms with E-state index in [2.05, 4.69) is 21.2 Å². The summed E-state index contributed by atoms with van der Waals surface area (Å²) in [6.45, 7) is 0.845. The molecule has 1 aromatic rings. The van der Waals surface area contributed by atoms with Gasteiger partial charge in [0.2, 0.25) is 0 Å². The van der Waals surface area contributed by atoms with Crippen LogP contribution in [0.1, 0.15) is 5.56 Å². The Morgan fingerprint density at radius 3 is 2.92 bits per heavy atom. The van der Waals surface area contributed by atoms with Crippen LogP contribution in [0, 0.1) is 0 Å². The number of benzene rings is 1. The van der Waals surface area contributed by atoms with Crippen LogP contribution in [0.15, 0.2) is 28.7 Å². The summed E-state index contributed by atoms with van der Waals surface area (Å²) in [5.74, 6) is 0. The summed E-state index contributed by atoms with van der Waals surface area (Å²) in [5, 5.41) is 3.80. The number of likely N-dealkylation sites (N-methyl/N-ethyl adjacent to an activating group) is 1. The van der Waals surface area contributed by atoms with Crippen molar-refractivity contribution in [3.8, 4) is 0 Å². The van der Waals surface area contributed by atoms with Crippen molar-refractivity contribution in [1.29, 1.82) is 0 Å². The molecule has 0 unspecified atom stereocenters. The van der Waals surface area contributed by atoms with Gasteiger partial charge in [-0.05, 0) is 19.2 Å². The van der Waals surface area contributed by atoms with Crippen molar-refractivity contribution in [3.05, 3.63) is 39.3 Å². The predicted molar refractivity (Wildman–Crippen MR) is 62.1 cm³/mol. The second-order valence-electron chi connectivity index (χ2n) is 2.60. The molecule has 1 aromatic carbocycles. The van der Waals surface area contributed by atoms with Crippen molar-refractivity contribution in [1.82, 2.24) is 5.32 Å². The molecule has 70 valence electrons. The number of halogens is 2. The normalized spacial score (nSPS) is 11.0. The molecule has 13 heavy (non-hydrogen) atoms. The molecule has 1 N–H and O–H groups in total. The highest BCUT2D eigenvalue weighted by Crippen LogP contribution is 2.25. The van der Waals surface area contributed by atoms with Crippen LogP contribution in [0.5, 0.6) is 0 Å². The highest BCUT2D eigenvalue weighted by atomic mass is 79.9. The third kappa shape index (κ3) is 3.14. The molecule has 0 aliphatic carbocycles. The zero-order valence-electron chi connectivity index (χ0n) is 7.35. The van der Waals surface area contributed by atoms with Crippen LogP contribution in [0.4, 0.5) is 0 Å². The first-order valence-corrected chi connectivity index (χ1v) is 5.18. The second kappa shape index (κ2) is 5.43. The van der Waals surface area contributed by atoms with Crippen LogP contribution in [-0.2, 0) is 0 Å². The van der Waals surface area contributed by atoms with Crippen molar-refractivity contribution in [2.45, 2.75) is 0 Å². The maximum atomic E-state index is 6.01.